The lowest BCUT2D eigenvalue weighted by Gasteiger charge is -2.18. The molecule has 0 saturated heterocycles. The first-order valence-corrected chi connectivity index (χ1v) is 35.8. The molecule has 0 aromatic carbocycles. The molecule has 0 aliphatic carbocycles. The molecule has 0 bridgehead atoms. The lowest BCUT2D eigenvalue weighted by Crippen LogP contribution is -2.30. The summed E-state index contributed by atoms with van der Waals surface area (Å²) in [6.45, 7) is 6.59. The van der Waals surface area contributed by atoms with Crippen LogP contribution in [-0.2, 0) is 28.6 Å². The molecule has 0 saturated carbocycles. The molecule has 0 aliphatic rings. The van der Waals surface area contributed by atoms with Crippen LogP contribution in [0.4, 0.5) is 0 Å². The van der Waals surface area contributed by atoms with E-state index in [0.717, 1.165) is 83.5 Å². The van der Waals surface area contributed by atoms with Gasteiger partial charge in [0.25, 0.3) is 0 Å². The number of ether oxygens (including phenoxy) is 3. The van der Waals surface area contributed by atoms with Gasteiger partial charge in [0.2, 0.25) is 0 Å². The number of carbonyl (C=O) groups excluding carboxylic acids is 3. The van der Waals surface area contributed by atoms with E-state index >= 15 is 0 Å². The normalized spacial score (nSPS) is 12.4. The number of rotatable bonds is 66. The number of esters is 3. The van der Waals surface area contributed by atoms with Crippen LogP contribution in [0.15, 0.2) is 60.8 Å². The number of unbranched alkanes of at least 4 members (excludes halogenated alkanes) is 45. The van der Waals surface area contributed by atoms with Crippen molar-refractivity contribution in [3.05, 3.63) is 60.8 Å². The van der Waals surface area contributed by atoms with E-state index in [0.29, 0.717) is 19.3 Å². The monoisotopic (exact) mass is 1130 g/mol. The molecule has 1 atom stereocenters. The molecule has 1 unspecified atom stereocenters. The molecule has 6 nitrogen and oxygen atoms in total. The third-order valence-electron chi connectivity index (χ3n) is 16.0. The van der Waals surface area contributed by atoms with Gasteiger partial charge in [0.15, 0.2) is 6.10 Å². The fraction of sp³-hybridized carbons (Fsp3) is 0.827. The Bertz CT molecular complexity index is 1440. The van der Waals surface area contributed by atoms with Gasteiger partial charge in [-0.1, -0.05) is 338 Å². The summed E-state index contributed by atoms with van der Waals surface area (Å²) < 4.78 is 17.0. The second-order valence-electron chi connectivity index (χ2n) is 24.1. The van der Waals surface area contributed by atoms with E-state index in [1.165, 1.54) is 257 Å². The lowest BCUT2D eigenvalue weighted by molar-refractivity contribution is -0.167. The molecule has 0 amide bonds. The van der Waals surface area contributed by atoms with E-state index in [2.05, 4.69) is 81.5 Å². The highest BCUT2D eigenvalue weighted by atomic mass is 16.6. The summed E-state index contributed by atoms with van der Waals surface area (Å²) >= 11 is 0. The third kappa shape index (κ3) is 67.8. The summed E-state index contributed by atoms with van der Waals surface area (Å²) in [6.07, 6.45) is 89.6. The Morgan fingerprint density at radius 2 is 0.481 bits per heavy atom. The van der Waals surface area contributed by atoms with E-state index in [1.54, 1.807) is 0 Å². The van der Waals surface area contributed by atoms with E-state index in [-0.39, 0.29) is 31.1 Å². The minimum absolute atomic E-state index is 0.0734. The Morgan fingerprint density at radius 1 is 0.259 bits per heavy atom. The molecule has 0 rings (SSSR count). The summed E-state index contributed by atoms with van der Waals surface area (Å²) in [4.78, 5) is 38.5. The van der Waals surface area contributed by atoms with Gasteiger partial charge >= 0.3 is 17.9 Å². The molecule has 81 heavy (non-hydrogen) atoms. The SMILES string of the molecule is CC/C=C\C/C=C\C/C=C\C/C=C\CCCCCCCCCCCCC(=O)OCC(COC(=O)CCCCCCCCC/C=C\CCCCCCCCC)OC(=O)CCCCCCCCCCCCCCCCCCCCCCCC. The standard InChI is InChI=1S/C75H136O6/c1-4-7-10-13-16-19-22-25-28-31-34-36-38-40-41-44-47-50-53-56-59-62-65-68-74(77)80-71-72(70-79-73(76)67-64-61-58-55-52-49-46-43-33-30-27-24-21-18-15-12-9-6-3)81-75(78)69-66-63-60-57-54-51-48-45-42-39-37-35-32-29-26-23-20-17-14-11-8-5-2/h7,10,16,19,25,28,30,33-34,36,72H,4-6,8-9,11-15,17-18,20-24,26-27,29,31-32,35,37-71H2,1-3H3/b10-7-,19-16-,28-25-,33-30-,36-34-. The Labute approximate surface area is 504 Å². The van der Waals surface area contributed by atoms with Gasteiger partial charge in [0, 0.05) is 19.3 Å². The quantitative estimate of drug-likeness (QED) is 0.0261. The zero-order valence-corrected chi connectivity index (χ0v) is 54.3. The van der Waals surface area contributed by atoms with E-state index in [1.807, 2.05) is 0 Å². The Kier molecular flexibility index (Phi) is 67.1. The van der Waals surface area contributed by atoms with Crippen LogP contribution in [-0.4, -0.2) is 37.2 Å². The van der Waals surface area contributed by atoms with Crippen molar-refractivity contribution in [3.63, 3.8) is 0 Å². The minimum Gasteiger partial charge on any atom is -0.462 e. The zero-order valence-electron chi connectivity index (χ0n) is 54.3. The van der Waals surface area contributed by atoms with E-state index < -0.39 is 6.10 Å². The maximum Gasteiger partial charge on any atom is 0.306 e. The second-order valence-corrected chi connectivity index (χ2v) is 24.1. The van der Waals surface area contributed by atoms with Crippen LogP contribution >= 0.6 is 0 Å². The Morgan fingerprint density at radius 3 is 0.765 bits per heavy atom. The molecular formula is C75H136O6. The van der Waals surface area contributed by atoms with Gasteiger partial charge in [-0.3, -0.25) is 14.4 Å². The molecule has 472 valence electrons. The zero-order chi connectivity index (χ0) is 58.5. The van der Waals surface area contributed by atoms with Crippen LogP contribution in [0.3, 0.4) is 0 Å². The first kappa shape index (κ1) is 78.1. The molecule has 0 heterocycles. The predicted molar refractivity (Wildman–Crippen MR) is 353 cm³/mol. The summed E-state index contributed by atoms with van der Waals surface area (Å²) in [5.41, 5.74) is 0. The fourth-order valence-electron chi connectivity index (χ4n) is 10.7. The predicted octanol–water partition coefficient (Wildman–Crippen LogP) is 24.7. The van der Waals surface area contributed by atoms with E-state index in [9.17, 15) is 14.4 Å². The van der Waals surface area contributed by atoms with Gasteiger partial charge in [-0.15, -0.1) is 0 Å². The van der Waals surface area contributed by atoms with E-state index in [4.69, 9.17) is 14.2 Å². The summed E-state index contributed by atoms with van der Waals surface area (Å²) in [7, 11) is 0. The van der Waals surface area contributed by atoms with Gasteiger partial charge < -0.3 is 14.2 Å². The van der Waals surface area contributed by atoms with Gasteiger partial charge in [-0.25, -0.2) is 0 Å². The average Bonchev–Trinajstić information content (AvgIpc) is 3.47. The van der Waals surface area contributed by atoms with Crippen LogP contribution in [0.2, 0.25) is 0 Å². The summed E-state index contributed by atoms with van der Waals surface area (Å²) in [5, 5.41) is 0. The summed E-state index contributed by atoms with van der Waals surface area (Å²) in [5.74, 6) is -0.855. The smallest absolute Gasteiger partial charge is 0.306 e. The fourth-order valence-corrected chi connectivity index (χ4v) is 10.7. The van der Waals surface area contributed by atoms with Crippen LogP contribution < -0.4 is 0 Å². The van der Waals surface area contributed by atoms with Crippen molar-refractivity contribution in [1.82, 2.24) is 0 Å². The van der Waals surface area contributed by atoms with Crippen LogP contribution in [0, 0.1) is 0 Å². The molecule has 0 aromatic rings. The number of carbonyl (C=O) groups is 3. The highest BCUT2D eigenvalue weighted by molar-refractivity contribution is 5.71. The molecular weight excluding hydrogens is 997 g/mol. The van der Waals surface area contributed by atoms with Crippen molar-refractivity contribution in [3.8, 4) is 0 Å². The van der Waals surface area contributed by atoms with Crippen LogP contribution in [0.5, 0.6) is 0 Å². The molecule has 6 heteroatoms. The Balaban J connectivity index is 4.33. The van der Waals surface area contributed by atoms with Gasteiger partial charge in [-0.05, 0) is 83.5 Å². The number of hydrogen-bond donors (Lipinski definition) is 0. The number of allylic oxidation sites excluding steroid dienone is 10. The van der Waals surface area contributed by atoms with Crippen molar-refractivity contribution in [2.45, 2.75) is 386 Å². The highest BCUT2D eigenvalue weighted by Gasteiger charge is 2.19. The van der Waals surface area contributed by atoms with Gasteiger partial charge in [0.05, 0.1) is 0 Å². The van der Waals surface area contributed by atoms with Crippen molar-refractivity contribution < 1.29 is 28.6 Å². The largest absolute Gasteiger partial charge is 0.462 e. The highest BCUT2D eigenvalue weighted by Crippen LogP contribution is 2.18. The molecule has 0 aliphatic heterocycles. The van der Waals surface area contributed by atoms with Crippen molar-refractivity contribution in [2.24, 2.45) is 0 Å². The molecule has 0 radical (unpaired) electrons. The second kappa shape index (κ2) is 69.6. The average molecular weight is 1130 g/mol. The van der Waals surface area contributed by atoms with Gasteiger partial charge in [-0.2, -0.15) is 0 Å². The molecule has 0 spiro atoms. The summed E-state index contributed by atoms with van der Waals surface area (Å²) in [6, 6.07) is 0. The van der Waals surface area contributed by atoms with Crippen LogP contribution in [0.1, 0.15) is 380 Å². The minimum atomic E-state index is -0.778. The molecule has 0 aromatic heterocycles. The Hall–Kier alpha value is -2.89. The maximum atomic E-state index is 13.0. The topological polar surface area (TPSA) is 78.9 Å². The van der Waals surface area contributed by atoms with Crippen LogP contribution in [0.25, 0.3) is 0 Å². The molecule has 0 N–H and O–H groups in total. The lowest BCUT2D eigenvalue weighted by atomic mass is 10.0. The molecule has 0 fully saturated rings. The van der Waals surface area contributed by atoms with Crippen molar-refractivity contribution in [1.29, 1.82) is 0 Å². The third-order valence-corrected chi connectivity index (χ3v) is 16.0. The number of hydrogen-bond acceptors (Lipinski definition) is 6. The first-order chi connectivity index (χ1) is 40.0. The first-order valence-electron chi connectivity index (χ1n) is 35.8. The van der Waals surface area contributed by atoms with Crippen molar-refractivity contribution >= 4 is 17.9 Å². The van der Waals surface area contributed by atoms with Crippen molar-refractivity contribution in [2.75, 3.05) is 13.2 Å². The van der Waals surface area contributed by atoms with Gasteiger partial charge in [0.1, 0.15) is 13.2 Å². The maximum absolute atomic E-state index is 13.0.